The molecule has 208 valence electrons. The molecule has 0 atom stereocenters. The van der Waals surface area contributed by atoms with Gasteiger partial charge < -0.3 is 0 Å². The topological polar surface area (TPSA) is 364 Å². The first-order chi connectivity index (χ1) is 11.4. The quantitative estimate of drug-likeness (QED) is 0.0529. The minimum absolute atomic E-state index is 0. The Morgan fingerprint density at radius 2 is 0.500 bits per heavy atom. The molecular weight excluding hydrogens is 1160 g/mol. The van der Waals surface area contributed by atoms with Crippen LogP contribution in [0.2, 0.25) is 0 Å². The Balaban J connectivity index is -0.0000000146. The van der Waals surface area contributed by atoms with E-state index in [-0.39, 0.29) is 28.2 Å². The molecule has 0 bridgehead atoms. The van der Waals surface area contributed by atoms with Crippen molar-refractivity contribution in [2.75, 3.05) is 0 Å². The fourth-order valence-electron chi connectivity index (χ4n) is 0.0285. The van der Waals surface area contributed by atoms with E-state index in [4.69, 9.17) is 57.2 Å². The van der Waals surface area contributed by atoms with Crippen LogP contribution in [0.5, 0.6) is 0 Å². The molecule has 6 radical (unpaired) electrons. The van der Waals surface area contributed by atoms with Crippen LogP contribution < -0.4 is 0 Å². The summed E-state index contributed by atoms with van der Waals surface area (Å²) >= 11 is -22.2. The van der Waals surface area contributed by atoms with E-state index in [0.29, 0.717) is 0 Å². The van der Waals surface area contributed by atoms with Crippen LogP contribution in [0.25, 0.3) is 0 Å². The summed E-state index contributed by atoms with van der Waals surface area (Å²) in [5, 5.41) is 1.70. The molecule has 0 aromatic carbocycles. The van der Waals surface area contributed by atoms with E-state index in [2.05, 4.69) is 3.12 Å². The molecule has 0 aliphatic rings. The van der Waals surface area contributed by atoms with Crippen LogP contribution in [0, 0.1) is 4.91 Å². The van der Waals surface area contributed by atoms with Gasteiger partial charge in [0.1, 0.15) is 0 Å². The summed E-state index contributed by atoms with van der Waals surface area (Å²) in [6.45, 7) is 0. The molecule has 0 fully saturated rings. The molecule has 0 unspecified atom stereocenters. The van der Waals surface area contributed by atoms with Crippen molar-refractivity contribution in [2.45, 2.75) is 0 Å². The third-order valence-electron chi connectivity index (χ3n) is 0.103. The summed E-state index contributed by atoms with van der Waals surface area (Å²) in [6, 6.07) is 0. The minimum atomic E-state index is -3.74. The van der Waals surface area contributed by atoms with Gasteiger partial charge in [-0.1, -0.05) is 0 Å². The number of halogens is 6. The van der Waals surface area contributed by atoms with Crippen LogP contribution >= 0.6 is 0 Å². The van der Waals surface area contributed by atoms with Crippen LogP contribution in [0.4, 0.5) is 28.2 Å². The van der Waals surface area contributed by atoms with Crippen LogP contribution in [0.3, 0.4) is 0 Å². The molecule has 0 heterocycles. The number of rotatable bonds is 2. The summed E-state index contributed by atoms with van der Waals surface area (Å²) < 4.78 is 137. The van der Waals surface area contributed by atoms with E-state index in [1.54, 1.807) is 5.34 Å². The second-order valence-corrected chi connectivity index (χ2v) is 10.7. The van der Waals surface area contributed by atoms with E-state index in [1.807, 2.05) is 0 Å². The van der Waals surface area contributed by atoms with Crippen molar-refractivity contribution in [3.05, 3.63) is 4.91 Å². The zero-order valence-corrected chi connectivity index (χ0v) is 29.1. The van der Waals surface area contributed by atoms with E-state index < -0.39 is 126 Å². The average Bonchev–Trinajstić information content (AvgIpc) is 2.23. The molecule has 0 aromatic rings. The molecule has 0 aliphatic heterocycles. The Kier molecular flexibility index (Phi) is 167. The summed E-state index contributed by atoms with van der Waals surface area (Å²) in [5.41, 5.74) is 0. The van der Waals surface area contributed by atoms with Crippen LogP contribution in [-0.2, 0) is 21.2 Å². The molecule has 32 heteroatoms. The third-order valence-corrected chi connectivity index (χ3v) is 0.692. The first-order valence-electron chi connectivity index (χ1n) is 3.84. The van der Waals surface area contributed by atoms with Gasteiger partial charge in [-0.25, -0.2) is 0 Å². The predicted octanol–water partition coefficient (Wildman–Crippen LogP) is -8.06. The van der Waals surface area contributed by atoms with Gasteiger partial charge in [-0.15, -0.1) is 0 Å². The van der Waals surface area contributed by atoms with Gasteiger partial charge in [0.05, 0.1) is 0 Å². The molecular formula is H17F6NO19Sb6. The Hall–Kier alpha value is 2.25. The summed E-state index contributed by atoms with van der Waals surface area (Å²) in [5.74, 6) is 0. The number of hydrogen-bond donors (Lipinski definition) is 11. The van der Waals surface area contributed by atoms with E-state index in [9.17, 15) is 3.02 Å². The SMILES string of the molecule is F.F.F.F.F.F.O=N[O][Sb](=[O])[OH].[O]=[Sb]([OH])[OH].[O]=[Sb]([OH])[OH].[O]=[Sb]([OH])[OH].[O]=[Sb]([OH])[OH].[O]=[Sb]([OH])[OH]. The van der Waals surface area contributed by atoms with Crippen molar-refractivity contribution in [3.8, 4) is 0 Å². The molecule has 0 amide bonds. The Bertz CT molecular complexity index is 358. The van der Waals surface area contributed by atoms with Crippen molar-refractivity contribution in [2.24, 2.45) is 5.34 Å². The van der Waals surface area contributed by atoms with Gasteiger partial charge in [0.2, 0.25) is 0 Å². The molecule has 0 rings (SSSR count). The predicted molar refractivity (Wildman–Crippen MR) is 84.9 cm³/mol. The first-order valence-corrected chi connectivity index (χ1v) is 23.7. The fraction of sp³-hybridized carbons (Fsp3) is 0. The van der Waals surface area contributed by atoms with Gasteiger partial charge in [0, 0.05) is 0 Å². The second-order valence-electron chi connectivity index (χ2n) is 1.66. The first kappa shape index (κ1) is 76.5. The van der Waals surface area contributed by atoms with Gasteiger partial charge in [-0.3, -0.25) is 28.2 Å². The summed E-state index contributed by atoms with van der Waals surface area (Å²) in [4.78, 5) is 8.83. The molecule has 32 heavy (non-hydrogen) atoms. The summed E-state index contributed by atoms with van der Waals surface area (Å²) in [6.07, 6.45) is 0. The van der Waals surface area contributed by atoms with Crippen LogP contribution in [0.15, 0.2) is 5.34 Å². The van der Waals surface area contributed by atoms with Gasteiger partial charge in [-0.2, -0.15) is 0 Å². The van der Waals surface area contributed by atoms with E-state index >= 15 is 0 Å². The Morgan fingerprint density at radius 3 is 0.500 bits per heavy atom. The number of nitrogens with zero attached hydrogens (tertiary/aromatic N) is 1. The molecule has 11 N–H and O–H groups in total. The fourth-order valence-corrected chi connectivity index (χ4v) is 0.191. The molecule has 0 spiro atoms. The monoisotopic (exact) mass is 1170 g/mol. The van der Waals surface area contributed by atoms with E-state index in [1.165, 1.54) is 0 Å². The maximum absolute atomic E-state index is 9.35. The van der Waals surface area contributed by atoms with Crippen LogP contribution in [0.1, 0.15) is 0 Å². The molecule has 20 nitrogen and oxygen atoms in total. The zero-order valence-electron chi connectivity index (χ0n) is 13.8. The number of hydrogen-bond acceptors (Lipinski definition) is 9. The maximum atomic E-state index is 9.35. The molecule has 0 saturated carbocycles. The van der Waals surface area contributed by atoms with Gasteiger partial charge in [0.15, 0.2) is 0 Å². The van der Waals surface area contributed by atoms with Crippen LogP contribution in [-0.4, -0.2) is 163 Å². The average molecular weight is 1180 g/mol. The van der Waals surface area contributed by atoms with Gasteiger partial charge in [-0.05, 0) is 0 Å². The Labute approximate surface area is 220 Å². The second kappa shape index (κ2) is 69.9. The molecule has 0 saturated heterocycles. The van der Waals surface area contributed by atoms with Gasteiger partial charge in [0.25, 0.3) is 0 Å². The Morgan fingerprint density at radius 1 is 0.406 bits per heavy atom. The van der Waals surface area contributed by atoms with Crippen molar-refractivity contribution >= 4 is 126 Å². The summed E-state index contributed by atoms with van der Waals surface area (Å²) in [7, 11) is 0. The van der Waals surface area contributed by atoms with Gasteiger partial charge >= 0.3 is 195 Å². The van der Waals surface area contributed by atoms with Crippen molar-refractivity contribution < 1.29 is 86.7 Å². The molecule has 0 aliphatic carbocycles. The van der Waals surface area contributed by atoms with Crippen molar-refractivity contribution in [1.29, 1.82) is 0 Å². The normalized spacial score (nSPS) is 5.34. The zero-order chi connectivity index (χ0) is 22.9. The standard InChI is InChI=1S/6FH.HNO2.11H2O.6O.6Sb/c;;;;;;2-1-3;;;;;;;;;;;;;;;;;;;;;;;/h6*1H;(H,2,3);11*1H2;;;;;;;;;;;;/q;;;;;;;;;;;;;;;;;;;;;;;;6*+2/p-12. The van der Waals surface area contributed by atoms with E-state index in [0.717, 1.165) is 0 Å². The van der Waals surface area contributed by atoms with Crippen molar-refractivity contribution in [3.63, 3.8) is 0 Å². The van der Waals surface area contributed by atoms with Crippen molar-refractivity contribution in [1.82, 2.24) is 0 Å². The third kappa shape index (κ3) is 1140. The molecule has 0 aromatic heterocycles.